The SMILES string of the molecule is CCN(CC)CCNCc1ccccc1OCC1CCCO1. The number of hydrogen-bond acceptors (Lipinski definition) is 4. The van der Waals surface area contributed by atoms with Gasteiger partial charge in [0.2, 0.25) is 0 Å². The molecule has 1 N–H and O–H groups in total. The second-order valence-electron chi connectivity index (χ2n) is 5.76. The molecule has 0 aliphatic carbocycles. The van der Waals surface area contributed by atoms with Crippen LogP contribution >= 0.6 is 0 Å². The molecule has 0 amide bonds. The molecule has 0 radical (unpaired) electrons. The van der Waals surface area contributed by atoms with E-state index in [1.807, 2.05) is 6.07 Å². The molecular weight excluding hydrogens is 276 g/mol. The first-order valence-electron chi connectivity index (χ1n) is 8.58. The summed E-state index contributed by atoms with van der Waals surface area (Å²) in [7, 11) is 0. The third-order valence-electron chi connectivity index (χ3n) is 4.24. The van der Waals surface area contributed by atoms with E-state index in [0.29, 0.717) is 6.61 Å². The lowest BCUT2D eigenvalue weighted by atomic mass is 10.2. The predicted octanol–water partition coefficient (Wildman–Crippen LogP) is 2.68. The highest BCUT2D eigenvalue weighted by Gasteiger charge is 2.16. The molecule has 1 atom stereocenters. The van der Waals surface area contributed by atoms with Crippen LogP contribution in [0.3, 0.4) is 0 Å². The van der Waals surface area contributed by atoms with Gasteiger partial charge in [-0.3, -0.25) is 0 Å². The van der Waals surface area contributed by atoms with Gasteiger partial charge in [-0.15, -0.1) is 0 Å². The highest BCUT2D eigenvalue weighted by Crippen LogP contribution is 2.20. The van der Waals surface area contributed by atoms with Gasteiger partial charge in [-0.05, 0) is 32.0 Å². The summed E-state index contributed by atoms with van der Waals surface area (Å²) in [4.78, 5) is 2.42. The molecule has 124 valence electrons. The Morgan fingerprint density at radius 1 is 1.27 bits per heavy atom. The second-order valence-corrected chi connectivity index (χ2v) is 5.76. The number of nitrogens with one attached hydrogen (secondary N) is 1. The van der Waals surface area contributed by atoms with E-state index in [2.05, 4.69) is 42.3 Å². The van der Waals surface area contributed by atoms with E-state index in [1.165, 1.54) is 5.56 Å². The van der Waals surface area contributed by atoms with Gasteiger partial charge in [0.15, 0.2) is 0 Å². The number of benzene rings is 1. The zero-order chi connectivity index (χ0) is 15.6. The lowest BCUT2D eigenvalue weighted by Gasteiger charge is -2.19. The van der Waals surface area contributed by atoms with Crippen LogP contribution in [0.2, 0.25) is 0 Å². The molecule has 2 rings (SSSR count). The highest BCUT2D eigenvalue weighted by atomic mass is 16.5. The van der Waals surface area contributed by atoms with Gasteiger partial charge < -0.3 is 19.7 Å². The van der Waals surface area contributed by atoms with Crippen molar-refractivity contribution < 1.29 is 9.47 Å². The fourth-order valence-electron chi connectivity index (χ4n) is 2.75. The number of hydrogen-bond donors (Lipinski definition) is 1. The van der Waals surface area contributed by atoms with E-state index >= 15 is 0 Å². The minimum absolute atomic E-state index is 0.267. The summed E-state index contributed by atoms with van der Waals surface area (Å²) in [5.41, 5.74) is 1.22. The van der Waals surface area contributed by atoms with E-state index in [4.69, 9.17) is 9.47 Å². The summed E-state index contributed by atoms with van der Waals surface area (Å²) in [6.45, 7) is 11.1. The summed E-state index contributed by atoms with van der Waals surface area (Å²) >= 11 is 0. The molecule has 1 fully saturated rings. The van der Waals surface area contributed by atoms with Crippen molar-refractivity contribution in [2.75, 3.05) is 39.4 Å². The average Bonchev–Trinajstić information content (AvgIpc) is 3.07. The zero-order valence-electron chi connectivity index (χ0n) is 14.0. The van der Waals surface area contributed by atoms with Crippen LogP contribution in [0.4, 0.5) is 0 Å². The first-order valence-corrected chi connectivity index (χ1v) is 8.58. The van der Waals surface area contributed by atoms with Crippen molar-refractivity contribution in [3.8, 4) is 5.75 Å². The summed E-state index contributed by atoms with van der Waals surface area (Å²) in [5, 5.41) is 3.52. The van der Waals surface area contributed by atoms with Crippen molar-refractivity contribution in [3.05, 3.63) is 29.8 Å². The fourth-order valence-corrected chi connectivity index (χ4v) is 2.75. The molecule has 0 bridgehead atoms. The van der Waals surface area contributed by atoms with E-state index in [0.717, 1.165) is 57.9 Å². The summed E-state index contributed by atoms with van der Waals surface area (Å²) in [5.74, 6) is 0.980. The average molecular weight is 306 g/mol. The lowest BCUT2D eigenvalue weighted by Crippen LogP contribution is -2.31. The second kappa shape index (κ2) is 9.82. The number of rotatable bonds is 10. The molecule has 1 saturated heterocycles. The van der Waals surface area contributed by atoms with E-state index < -0.39 is 0 Å². The molecule has 4 heteroatoms. The largest absolute Gasteiger partial charge is 0.491 e. The fraction of sp³-hybridized carbons (Fsp3) is 0.667. The van der Waals surface area contributed by atoms with Gasteiger partial charge in [0, 0.05) is 31.8 Å². The molecule has 1 unspecified atom stereocenters. The van der Waals surface area contributed by atoms with Gasteiger partial charge in [-0.2, -0.15) is 0 Å². The Balaban J connectivity index is 1.75. The summed E-state index contributed by atoms with van der Waals surface area (Å²) in [6.07, 6.45) is 2.54. The lowest BCUT2D eigenvalue weighted by molar-refractivity contribution is 0.0676. The van der Waals surface area contributed by atoms with Crippen LogP contribution < -0.4 is 10.1 Å². The number of para-hydroxylation sites is 1. The zero-order valence-corrected chi connectivity index (χ0v) is 14.0. The van der Waals surface area contributed by atoms with Crippen molar-refractivity contribution in [1.29, 1.82) is 0 Å². The third-order valence-corrected chi connectivity index (χ3v) is 4.24. The van der Waals surface area contributed by atoms with Gasteiger partial charge >= 0.3 is 0 Å². The van der Waals surface area contributed by atoms with Gasteiger partial charge in [0.05, 0.1) is 6.10 Å². The summed E-state index contributed by atoms with van der Waals surface area (Å²) in [6, 6.07) is 8.29. The Bertz CT molecular complexity index is 415. The van der Waals surface area contributed by atoms with Crippen LogP contribution in [-0.2, 0) is 11.3 Å². The first-order chi connectivity index (χ1) is 10.8. The van der Waals surface area contributed by atoms with E-state index in [9.17, 15) is 0 Å². The molecular formula is C18H30N2O2. The van der Waals surface area contributed by atoms with Crippen molar-refractivity contribution >= 4 is 0 Å². The van der Waals surface area contributed by atoms with Gasteiger partial charge in [0.25, 0.3) is 0 Å². The van der Waals surface area contributed by atoms with Crippen LogP contribution in [0.15, 0.2) is 24.3 Å². The normalized spacial score (nSPS) is 18.0. The summed E-state index contributed by atoms with van der Waals surface area (Å²) < 4.78 is 11.6. The first kappa shape index (κ1) is 17.3. The van der Waals surface area contributed by atoms with Gasteiger partial charge in [-0.1, -0.05) is 32.0 Å². The Kier molecular flexibility index (Phi) is 7.71. The maximum atomic E-state index is 5.97. The molecule has 1 aromatic carbocycles. The standard InChI is InChI=1S/C18H30N2O2/c1-3-20(4-2)12-11-19-14-16-8-5-6-10-18(16)22-15-17-9-7-13-21-17/h5-6,8,10,17,19H,3-4,7,9,11-15H2,1-2H3. The number of likely N-dealkylation sites (N-methyl/N-ethyl adjacent to an activating group) is 1. The van der Waals surface area contributed by atoms with E-state index in [-0.39, 0.29) is 6.10 Å². The van der Waals surface area contributed by atoms with Gasteiger partial charge in [0.1, 0.15) is 12.4 Å². The minimum Gasteiger partial charge on any atom is -0.491 e. The molecule has 1 aliphatic rings. The maximum Gasteiger partial charge on any atom is 0.123 e. The van der Waals surface area contributed by atoms with Crippen molar-refractivity contribution in [2.45, 2.75) is 39.3 Å². The van der Waals surface area contributed by atoms with E-state index in [1.54, 1.807) is 0 Å². The Morgan fingerprint density at radius 3 is 2.82 bits per heavy atom. The monoisotopic (exact) mass is 306 g/mol. The van der Waals surface area contributed by atoms with Crippen molar-refractivity contribution in [1.82, 2.24) is 10.2 Å². The molecule has 1 aliphatic heterocycles. The molecule has 0 aromatic heterocycles. The molecule has 22 heavy (non-hydrogen) atoms. The Hall–Kier alpha value is -1.10. The third kappa shape index (κ3) is 5.59. The Morgan fingerprint density at radius 2 is 2.09 bits per heavy atom. The molecule has 0 saturated carbocycles. The van der Waals surface area contributed by atoms with Crippen LogP contribution in [0, 0.1) is 0 Å². The van der Waals surface area contributed by atoms with Crippen LogP contribution in [-0.4, -0.2) is 50.4 Å². The molecule has 1 aromatic rings. The number of ether oxygens (including phenoxy) is 2. The molecule has 1 heterocycles. The van der Waals surface area contributed by atoms with Crippen LogP contribution in [0.5, 0.6) is 5.75 Å². The van der Waals surface area contributed by atoms with Crippen LogP contribution in [0.25, 0.3) is 0 Å². The Labute approximate surface area is 134 Å². The van der Waals surface area contributed by atoms with Crippen molar-refractivity contribution in [3.63, 3.8) is 0 Å². The molecule has 4 nitrogen and oxygen atoms in total. The quantitative estimate of drug-likeness (QED) is 0.674. The molecule has 0 spiro atoms. The minimum atomic E-state index is 0.267. The highest BCUT2D eigenvalue weighted by molar-refractivity contribution is 5.33. The maximum absolute atomic E-state index is 5.97. The predicted molar refractivity (Wildman–Crippen MR) is 90.4 cm³/mol. The van der Waals surface area contributed by atoms with Crippen molar-refractivity contribution in [2.24, 2.45) is 0 Å². The smallest absolute Gasteiger partial charge is 0.123 e. The van der Waals surface area contributed by atoms with Crippen LogP contribution in [0.1, 0.15) is 32.3 Å². The van der Waals surface area contributed by atoms with Gasteiger partial charge in [-0.25, -0.2) is 0 Å². The number of nitrogens with zero attached hydrogens (tertiary/aromatic N) is 1. The topological polar surface area (TPSA) is 33.7 Å².